The van der Waals surface area contributed by atoms with Crippen LogP contribution in [-0.2, 0) is 10.0 Å². The smallest absolute Gasteiger partial charge is 0.282 e. The van der Waals surface area contributed by atoms with Crippen LogP contribution in [-0.4, -0.2) is 41.8 Å². The number of nitro groups is 1. The molecule has 0 aliphatic carbocycles. The Morgan fingerprint density at radius 3 is 2.19 bits per heavy atom. The van der Waals surface area contributed by atoms with Crippen molar-refractivity contribution in [3.8, 4) is 0 Å². The van der Waals surface area contributed by atoms with Crippen molar-refractivity contribution in [1.82, 2.24) is 9.62 Å². The molecular weight excluding hydrogens is 440 g/mol. The molecule has 2 N–H and O–H groups in total. The number of carbonyl (C=O) groups excluding carboxylic acids is 1. The highest BCUT2D eigenvalue weighted by Gasteiger charge is 2.23. The molecule has 2 aromatic rings. The van der Waals surface area contributed by atoms with E-state index in [-0.39, 0.29) is 21.3 Å². The van der Waals surface area contributed by atoms with Gasteiger partial charge in [0.15, 0.2) is 5.11 Å². The van der Waals surface area contributed by atoms with Crippen molar-refractivity contribution >= 4 is 44.6 Å². The van der Waals surface area contributed by atoms with Crippen LogP contribution in [0.2, 0.25) is 0 Å². The Hall–Kier alpha value is -2.89. The first kappa shape index (κ1) is 24.4. The predicted octanol–water partition coefficient (Wildman–Crippen LogP) is 3.53. The Morgan fingerprint density at radius 1 is 1.06 bits per heavy atom. The fourth-order valence-electron chi connectivity index (χ4n) is 2.87. The van der Waals surface area contributed by atoms with Crippen LogP contribution >= 0.6 is 12.2 Å². The van der Waals surface area contributed by atoms with Gasteiger partial charge in [-0.25, -0.2) is 8.42 Å². The molecule has 2 rings (SSSR count). The predicted molar refractivity (Wildman–Crippen MR) is 123 cm³/mol. The fraction of sp³-hybridized carbons (Fsp3) is 0.300. The summed E-state index contributed by atoms with van der Waals surface area (Å²) in [6.45, 7) is 4.73. The van der Waals surface area contributed by atoms with Crippen molar-refractivity contribution in [2.45, 2.75) is 31.6 Å². The van der Waals surface area contributed by atoms with Crippen LogP contribution in [0, 0.1) is 10.1 Å². The number of nitro benzene ring substituents is 1. The zero-order valence-corrected chi connectivity index (χ0v) is 18.8. The molecule has 9 nitrogen and oxygen atoms in total. The Bertz CT molecular complexity index is 1050. The Kier molecular flexibility index (Phi) is 8.60. The number of carbonyl (C=O) groups is 1. The number of sulfonamides is 1. The van der Waals surface area contributed by atoms with E-state index in [0.717, 1.165) is 0 Å². The second-order valence-electron chi connectivity index (χ2n) is 6.61. The number of thiocarbonyl (C=S) groups is 1. The van der Waals surface area contributed by atoms with E-state index < -0.39 is 20.9 Å². The van der Waals surface area contributed by atoms with E-state index >= 15 is 0 Å². The molecule has 0 saturated carbocycles. The normalized spacial score (nSPS) is 11.2. The maximum atomic E-state index is 12.8. The zero-order chi connectivity index (χ0) is 23.0. The molecule has 0 fully saturated rings. The average molecular weight is 465 g/mol. The van der Waals surface area contributed by atoms with Gasteiger partial charge in [0.25, 0.3) is 11.6 Å². The first-order valence-corrected chi connectivity index (χ1v) is 11.5. The third-order valence-corrected chi connectivity index (χ3v) is 6.39. The van der Waals surface area contributed by atoms with Gasteiger partial charge < -0.3 is 5.32 Å². The van der Waals surface area contributed by atoms with Crippen LogP contribution in [0.3, 0.4) is 0 Å². The van der Waals surface area contributed by atoms with Gasteiger partial charge in [0, 0.05) is 24.8 Å². The minimum Gasteiger partial charge on any atom is -0.332 e. The van der Waals surface area contributed by atoms with E-state index in [1.54, 1.807) is 0 Å². The van der Waals surface area contributed by atoms with Gasteiger partial charge >= 0.3 is 0 Å². The van der Waals surface area contributed by atoms with Gasteiger partial charge in [0.05, 0.1) is 9.82 Å². The lowest BCUT2D eigenvalue weighted by molar-refractivity contribution is -0.385. The van der Waals surface area contributed by atoms with Crippen molar-refractivity contribution in [2.75, 3.05) is 18.4 Å². The van der Waals surface area contributed by atoms with E-state index in [0.29, 0.717) is 31.6 Å². The van der Waals surface area contributed by atoms with E-state index in [2.05, 4.69) is 10.6 Å². The van der Waals surface area contributed by atoms with Crippen LogP contribution in [0.4, 0.5) is 11.4 Å². The van der Waals surface area contributed by atoms with Gasteiger partial charge in [-0.15, -0.1) is 0 Å². The van der Waals surface area contributed by atoms with Crippen molar-refractivity contribution in [3.05, 3.63) is 64.2 Å². The van der Waals surface area contributed by atoms with Gasteiger partial charge in [-0.1, -0.05) is 26.0 Å². The molecule has 0 spiro atoms. The highest BCUT2D eigenvalue weighted by Crippen LogP contribution is 2.20. The summed E-state index contributed by atoms with van der Waals surface area (Å²) in [6.07, 6.45) is 1.43. The topological polar surface area (TPSA) is 122 Å². The second kappa shape index (κ2) is 10.9. The molecule has 0 aromatic heterocycles. The van der Waals surface area contributed by atoms with Crippen molar-refractivity contribution in [3.63, 3.8) is 0 Å². The minimum atomic E-state index is -3.60. The van der Waals surface area contributed by atoms with Gasteiger partial charge in [0.2, 0.25) is 10.0 Å². The summed E-state index contributed by atoms with van der Waals surface area (Å²) in [4.78, 5) is 22.9. The quantitative estimate of drug-likeness (QED) is 0.331. The molecule has 0 heterocycles. The van der Waals surface area contributed by atoms with Gasteiger partial charge in [-0.2, -0.15) is 4.31 Å². The number of hydrogen-bond donors (Lipinski definition) is 2. The molecule has 1 amide bonds. The Balaban J connectivity index is 2.08. The van der Waals surface area contributed by atoms with Gasteiger partial charge in [-0.3, -0.25) is 20.2 Å². The standard InChI is InChI=1S/C20H24N4O5S2/c1-3-13-23(14-4-2)31(28,29)16-11-9-15(10-12-16)21-20(30)22-19(25)17-7-5-6-8-18(17)24(26)27/h5-12H,3-4,13-14H2,1-2H3,(H2,21,22,25,30). The van der Waals surface area contributed by atoms with Crippen LogP contribution in [0.15, 0.2) is 53.4 Å². The molecular formula is C20H24N4O5S2. The second-order valence-corrected chi connectivity index (χ2v) is 8.96. The first-order chi connectivity index (χ1) is 14.7. The maximum absolute atomic E-state index is 12.8. The number of amides is 1. The van der Waals surface area contributed by atoms with E-state index in [9.17, 15) is 23.3 Å². The van der Waals surface area contributed by atoms with Gasteiger partial charge in [-0.05, 0) is 55.4 Å². The number of benzene rings is 2. The monoisotopic (exact) mass is 464 g/mol. The fourth-order valence-corrected chi connectivity index (χ4v) is 4.70. The molecule has 0 radical (unpaired) electrons. The van der Waals surface area contributed by atoms with Crippen molar-refractivity contribution < 1.29 is 18.1 Å². The average Bonchev–Trinajstić information content (AvgIpc) is 2.73. The molecule has 0 aliphatic rings. The summed E-state index contributed by atoms with van der Waals surface area (Å²) in [6, 6.07) is 11.5. The number of anilines is 1. The van der Waals surface area contributed by atoms with Crippen molar-refractivity contribution in [2.24, 2.45) is 0 Å². The summed E-state index contributed by atoms with van der Waals surface area (Å²) in [5, 5.41) is 16.2. The SMILES string of the molecule is CCCN(CCC)S(=O)(=O)c1ccc(NC(=S)NC(=O)c2ccccc2[N+](=O)[O-])cc1. The lowest BCUT2D eigenvalue weighted by Gasteiger charge is -2.21. The van der Waals surface area contributed by atoms with Gasteiger partial charge in [0.1, 0.15) is 5.56 Å². The van der Waals surface area contributed by atoms with E-state index in [1.807, 2.05) is 13.8 Å². The van der Waals surface area contributed by atoms with Crippen LogP contribution in [0.1, 0.15) is 37.0 Å². The first-order valence-electron chi connectivity index (χ1n) is 9.66. The number of hydrogen-bond acceptors (Lipinski definition) is 6. The molecule has 31 heavy (non-hydrogen) atoms. The molecule has 0 atom stereocenters. The summed E-state index contributed by atoms with van der Waals surface area (Å²) in [5.41, 5.74) is 0.00967. The molecule has 0 bridgehead atoms. The molecule has 11 heteroatoms. The Morgan fingerprint density at radius 2 is 1.65 bits per heavy atom. The van der Waals surface area contributed by atoms with Crippen LogP contribution in [0.5, 0.6) is 0 Å². The van der Waals surface area contributed by atoms with E-state index in [1.165, 1.54) is 52.8 Å². The Labute approximate surface area is 186 Å². The molecule has 0 aliphatic heterocycles. The van der Waals surface area contributed by atoms with Crippen LogP contribution in [0.25, 0.3) is 0 Å². The minimum absolute atomic E-state index is 0.0719. The maximum Gasteiger partial charge on any atom is 0.282 e. The number of rotatable bonds is 9. The number of nitrogens with zero attached hydrogens (tertiary/aromatic N) is 2. The summed E-state index contributed by atoms with van der Waals surface area (Å²) >= 11 is 5.10. The third kappa shape index (κ3) is 6.29. The highest BCUT2D eigenvalue weighted by atomic mass is 32.2. The number of nitrogens with one attached hydrogen (secondary N) is 2. The number of para-hydroxylation sites is 1. The third-order valence-electron chi connectivity index (χ3n) is 4.27. The van der Waals surface area contributed by atoms with E-state index in [4.69, 9.17) is 12.2 Å². The lowest BCUT2D eigenvalue weighted by atomic mass is 10.1. The molecule has 0 unspecified atom stereocenters. The summed E-state index contributed by atoms with van der Waals surface area (Å²) in [7, 11) is -3.60. The summed E-state index contributed by atoms with van der Waals surface area (Å²) < 4.78 is 27.1. The lowest BCUT2D eigenvalue weighted by Crippen LogP contribution is -2.34. The van der Waals surface area contributed by atoms with Crippen molar-refractivity contribution in [1.29, 1.82) is 0 Å². The largest absolute Gasteiger partial charge is 0.332 e. The van der Waals surface area contributed by atoms with Crippen LogP contribution < -0.4 is 10.6 Å². The summed E-state index contributed by atoms with van der Waals surface area (Å²) in [5.74, 6) is -0.723. The highest BCUT2D eigenvalue weighted by molar-refractivity contribution is 7.89. The molecule has 0 saturated heterocycles. The molecule has 2 aromatic carbocycles. The molecule has 166 valence electrons. The zero-order valence-electron chi connectivity index (χ0n) is 17.2.